The third kappa shape index (κ3) is 5.20. The highest BCUT2D eigenvalue weighted by atomic mass is 35.5. The number of rotatable bonds is 6. The van der Waals surface area contributed by atoms with Crippen LogP contribution >= 0.6 is 23.4 Å². The molecule has 0 fully saturated rings. The van der Waals surface area contributed by atoms with Crippen LogP contribution in [0, 0.1) is 0 Å². The van der Waals surface area contributed by atoms with Crippen LogP contribution in [0.15, 0.2) is 53.4 Å². The van der Waals surface area contributed by atoms with Crippen molar-refractivity contribution < 1.29 is 13.6 Å². The van der Waals surface area contributed by atoms with Crippen molar-refractivity contribution in [1.82, 2.24) is 0 Å². The van der Waals surface area contributed by atoms with Crippen LogP contribution in [-0.2, 0) is 4.79 Å². The number of halogens is 3. The number of anilines is 2. The zero-order valence-corrected chi connectivity index (χ0v) is 12.9. The number of amides is 1. The van der Waals surface area contributed by atoms with Gasteiger partial charge in [-0.1, -0.05) is 41.6 Å². The molecule has 2 aromatic carbocycles. The molecule has 2 aromatic rings. The predicted molar refractivity (Wildman–Crippen MR) is 86.9 cm³/mol. The number of carbonyl (C=O) groups excluding carboxylic acids is 1. The summed E-state index contributed by atoms with van der Waals surface area (Å²) in [4.78, 5) is 12.2. The van der Waals surface area contributed by atoms with Crippen molar-refractivity contribution in [2.45, 2.75) is 10.7 Å². The fourth-order valence-electron chi connectivity index (χ4n) is 1.74. The molecule has 0 heterocycles. The Balaban J connectivity index is 1.95. The largest absolute Gasteiger partial charge is 0.376 e. The molecule has 0 aliphatic heterocycles. The van der Waals surface area contributed by atoms with Gasteiger partial charge >= 0.3 is 0 Å². The topological polar surface area (TPSA) is 41.1 Å². The minimum absolute atomic E-state index is 0.00796. The zero-order chi connectivity index (χ0) is 15.9. The number of carbonyl (C=O) groups is 1. The monoisotopic (exact) mass is 342 g/mol. The lowest BCUT2D eigenvalue weighted by molar-refractivity contribution is -0.114. The summed E-state index contributed by atoms with van der Waals surface area (Å²) in [5.41, 5.74) is 1.07. The normalized spacial score (nSPS) is 10.5. The maximum Gasteiger partial charge on any atom is 0.288 e. The van der Waals surface area contributed by atoms with Gasteiger partial charge in [-0.05, 0) is 30.3 Å². The summed E-state index contributed by atoms with van der Waals surface area (Å²) >= 11 is 6.24. The molecule has 1 amide bonds. The first-order valence-corrected chi connectivity index (χ1v) is 7.63. The maximum atomic E-state index is 12.5. The Morgan fingerprint density at radius 3 is 2.68 bits per heavy atom. The van der Waals surface area contributed by atoms with Gasteiger partial charge in [-0.25, -0.2) is 0 Å². The summed E-state index contributed by atoms with van der Waals surface area (Å²) < 4.78 is 24.9. The van der Waals surface area contributed by atoms with E-state index in [1.807, 2.05) is 0 Å². The van der Waals surface area contributed by atoms with Crippen LogP contribution in [0.4, 0.5) is 20.2 Å². The molecule has 0 spiro atoms. The minimum atomic E-state index is -2.54. The standard InChI is InChI=1S/C15H13ClF2N2OS/c16-10-4-3-5-11(8-10)19-9-14(21)20-12-6-1-2-7-13(12)22-15(17)18/h1-8,15,19H,9H2,(H,20,21). The number of alkyl halides is 2. The quantitative estimate of drug-likeness (QED) is 0.747. The van der Waals surface area contributed by atoms with E-state index in [4.69, 9.17) is 11.6 Å². The fraction of sp³-hybridized carbons (Fsp3) is 0.133. The zero-order valence-electron chi connectivity index (χ0n) is 11.4. The molecule has 0 aromatic heterocycles. The van der Waals surface area contributed by atoms with Crippen molar-refractivity contribution in [2.24, 2.45) is 0 Å². The van der Waals surface area contributed by atoms with Gasteiger partial charge in [-0.3, -0.25) is 4.79 Å². The Labute approximate surface area is 136 Å². The molecule has 0 aliphatic carbocycles. The van der Waals surface area contributed by atoms with Crippen molar-refractivity contribution >= 4 is 40.6 Å². The van der Waals surface area contributed by atoms with E-state index in [1.165, 1.54) is 6.07 Å². The summed E-state index contributed by atoms with van der Waals surface area (Å²) in [7, 11) is 0. The van der Waals surface area contributed by atoms with Crippen molar-refractivity contribution in [1.29, 1.82) is 0 Å². The van der Waals surface area contributed by atoms with Gasteiger partial charge in [0.05, 0.1) is 12.2 Å². The number of hydrogen-bond acceptors (Lipinski definition) is 3. The third-order valence-corrected chi connectivity index (χ3v) is 3.68. The molecule has 0 saturated heterocycles. The van der Waals surface area contributed by atoms with Crippen LogP contribution in [-0.4, -0.2) is 18.2 Å². The van der Waals surface area contributed by atoms with Crippen LogP contribution in [0.2, 0.25) is 5.02 Å². The number of nitrogens with one attached hydrogen (secondary N) is 2. The lowest BCUT2D eigenvalue weighted by Crippen LogP contribution is -2.22. The first-order chi connectivity index (χ1) is 10.5. The second-order valence-corrected chi connectivity index (χ2v) is 5.76. The van der Waals surface area contributed by atoms with E-state index < -0.39 is 5.76 Å². The van der Waals surface area contributed by atoms with Crippen LogP contribution < -0.4 is 10.6 Å². The van der Waals surface area contributed by atoms with Crippen LogP contribution in [0.1, 0.15) is 0 Å². The predicted octanol–water partition coefficient (Wildman–Crippen LogP) is 4.71. The van der Waals surface area contributed by atoms with E-state index in [9.17, 15) is 13.6 Å². The fourth-order valence-corrected chi connectivity index (χ4v) is 2.53. The maximum absolute atomic E-state index is 12.5. The van der Waals surface area contributed by atoms with E-state index >= 15 is 0 Å². The Bertz CT molecular complexity index is 655. The smallest absolute Gasteiger partial charge is 0.288 e. The van der Waals surface area contributed by atoms with Crippen LogP contribution in [0.3, 0.4) is 0 Å². The van der Waals surface area contributed by atoms with Gasteiger partial charge in [-0.15, -0.1) is 0 Å². The molecule has 0 unspecified atom stereocenters. The molecule has 7 heteroatoms. The molecule has 22 heavy (non-hydrogen) atoms. The van der Waals surface area contributed by atoms with Gasteiger partial charge in [0, 0.05) is 15.6 Å². The van der Waals surface area contributed by atoms with Crippen molar-refractivity contribution in [3.63, 3.8) is 0 Å². The number of hydrogen-bond donors (Lipinski definition) is 2. The third-order valence-electron chi connectivity index (χ3n) is 2.65. The Morgan fingerprint density at radius 1 is 1.18 bits per heavy atom. The Morgan fingerprint density at radius 2 is 1.95 bits per heavy atom. The molecule has 3 nitrogen and oxygen atoms in total. The molecule has 0 aliphatic rings. The van der Waals surface area contributed by atoms with Gasteiger partial charge in [0.15, 0.2) is 0 Å². The summed E-state index contributed by atoms with van der Waals surface area (Å²) in [5.74, 6) is -2.87. The highest BCUT2D eigenvalue weighted by Gasteiger charge is 2.11. The van der Waals surface area contributed by atoms with Crippen molar-refractivity contribution in [3.05, 3.63) is 53.6 Å². The molecule has 0 atom stereocenters. The Kier molecular flexibility index (Phi) is 6.03. The van der Waals surface area contributed by atoms with Gasteiger partial charge in [0.25, 0.3) is 5.76 Å². The molecule has 2 N–H and O–H groups in total. The average molecular weight is 343 g/mol. The molecule has 0 saturated carbocycles. The van der Waals surface area contributed by atoms with Crippen molar-refractivity contribution in [3.8, 4) is 0 Å². The SMILES string of the molecule is O=C(CNc1cccc(Cl)c1)Nc1ccccc1SC(F)F. The van der Waals surface area contributed by atoms with E-state index in [0.717, 1.165) is 0 Å². The summed E-state index contributed by atoms with van der Waals surface area (Å²) in [6.07, 6.45) is 0. The molecule has 0 bridgehead atoms. The summed E-state index contributed by atoms with van der Waals surface area (Å²) in [6, 6.07) is 13.4. The van der Waals surface area contributed by atoms with Crippen LogP contribution in [0.5, 0.6) is 0 Å². The van der Waals surface area contributed by atoms with E-state index in [1.54, 1.807) is 42.5 Å². The van der Waals surface area contributed by atoms with Gasteiger partial charge in [0.2, 0.25) is 5.91 Å². The molecular formula is C15H13ClF2N2OS. The number of para-hydroxylation sites is 1. The minimum Gasteiger partial charge on any atom is -0.376 e. The molecule has 0 radical (unpaired) electrons. The van der Waals surface area contributed by atoms with Gasteiger partial charge < -0.3 is 10.6 Å². The van der Waals surface area contributed by atoms with Gasteiger partial charge in [0.1, 0.15) is 0 Å². The molecule has 2 rings (SSSR count). The second kappa shape index (κ2) is 8.00. The second-order valence-electron chi connectivity index (χ2n) is 4.29. The van der Waals surface area contributed by atoms with Gasteiger partial charge in [-0.2, -0.15) is 8.78 Å². The molecular weight excluding hydrogens is 330 g/mol. The lowest BCUT2D eigenvalue weighted by atomic mass is 10.3. The van der Waals surface area contributed by atoms with E-state index in [2.05, 4.69) is 10.6 Å². The summed E-state index contributed by atoms with van der Waals surface area (Å²) in [6.45, 7) is 0.00796. The first kappa shape index (κ1) is 16.6. The Hall–Kier alpha value is -1.79. The number of benzene rings is 2. The summed E-state index contributed by atoms with van der Waals surface area (Å²) in [5, 5.41) is 6.09. The number of thioether (sulfide) groups is 1. The van der Waals surface area contributed by atoms with Crippen LogP contribution in [0.25, 0.3) is 0 Å². The average Bonchev–Trinajstić information content (AvgIpc) is 2.47. The highest BCUT2D eigenvalue weighted by Crippen LogP contribution is 2.31. The first-order valence-electron chi connectivity index (χ1n) is 6.38. The molecule has 116 valence electrons. The van der Waals surface area contributed by atoms with E-state index in [0.29, 0.717) is 33.1 Å². The lowest BCUT2D eigenvalue weighted by Gasteiger charge is -2.11. The van der Waals surface area contributed by atoms with E-state index in [-0.39, 0.29) is 12.5 Å². The van der Waals surface area contributed by atoms with Crippen molar-refractivity contribution in [2.75, 3.05) is 17.2 Å². The highest BCUT2D eigenvalue weighted by molar-refractivity contribution is 7.99.